The zero-order valence-corrected chi connectivity index (χ0v) is 6.89. The molecule has 1 aliphatic heterocycles. The van der Waals surface area contributed by atoms with Crippen LogP contribution in [0.25, 0.3) is 0 Å². The first-order chi connectivity index (χ1) is 5.21. The molecule has 0 bridgehead atoms. The zero-order chi connectivity index (χ0) is 8.06. The molecule has 0 aromatic heterocycles. The van der Waals surface area contributed by atoms with E-state index in [9.17, 15) is 4.79 Å². The molecule has 1 saturated carbocycles. The first kappa shape index (κ1) is 7.10. The lowest BCUT2D eigenvalue weighted by molar-refractivity contribution is -0.147. The molecule has 0 spiro atoms. The minimum atomic E-state index is -0.144. The molecule has 3 atom stereocenters. The molecule has 1 heterocycles. The van der Waals surface area contributed by atoms with Gasteiger partial charge in [0.15, 0.2) is 0 Å². The van der Waals surface area contributed by atoms with Crippen LogP contribution in [0, 0.1) is 11.3 Å². The smallest absolute Gasteiger partial charge is 0.313 e. The monoisotopic (exact) mass is 155 g/mol. The molecule has 0 unspecified atom stereocenters. The first-order valence-electron chi connectivity index (χ1n) is 4.03. The van der Waals surface area contributed by atoms with Crippen LogP contribution in [0.3, 0.4) is 0 Å². The van der Waals surface area contributed by atoms with Crippen molar-refractivity contribution in [2.75, 3.05) is 13.7 Å². The molecule has 62 valence electrons. The van der Waals surface area contributed by atoms with Crippen LogP contribution in [0.5, 0.6) is 0 Å². The summed E-state index contributed by atoms with van der Waals surface area (Å²) in [7, 11) is 1.47. The minimum absolute atomic E-state index is 0.0278. The molecule has 0 amide bonds. The normalized spacial score (nSPS) is 46.7. The minimum Gasteiger partial charge on any atom is -0.469 e. The topological polar surface area (TPSA) is 38.3 Å². The molecule has 0 radical (unpaired) electrons. The summed E-state index contributed by atoms with van der Waals surface area (Å²) in [4.78, 5) is 11.3. The average molecular weight is 155 g/mol. The van der Waals surface area contributed by atoms with Gasteiger partial charge in [-0.15, -0.1) is 0 Å². The number of ether oxygens (including phenoxy) is 1. The van der Waals surface area contributed by atoms with E-state index in [2.05, 4.69) is 12.2 Å². The van der Waals surface area contributed by atoms with E-state index in [0.717, 1.165) is 13.0 Å². The molecular weight excluding hydrogens is 142 g/mol. The molecule has 3 nitrogen and oxygen atoms in total. The summed E-state index contributed by atoms with van der Waals surface area (Å²) in [5, 5.41) is 3.27. The Kier molecular flexibility index (Phi) is 1.27. The van der Waals surface area contributed by atoms with Crippen LogP contribution < -0.4 is 5.32 Å². The molecule has 2 fully saturated rings. The van der Waals surface area contributed by atoms with Crippen molar-refractivity contribution < 1.29 is 9.53 Å². The number of hydrogen-bond donors (Lipinski definition) is 1. The van der Waals surface area contributed by atoms with E-state index in [4.69, 9.17) is 4.74 Å². The van der Waals surface area contributed by atoms with Gasteiger partial charge in [0.1, 0.15) is 0 Å². The van der Waals surface area contributed by atoms with Crippen molar-refractivity contribution in [3.05, 3.63) is 0 Å². The van der Waals surface area contributed by atoms with Crippen LogP contribution in [0.4, 0.5) is 0 Å². The zero-order valence-electron chi connectivity index (χ0n) is 6.89. The standard InChI is InChI=1S/C8H13NO2/c1-5-8(7(10)11-2)3-6(8)4-9-5/h5-6,9H,3-4H2,1-2H3/t5-,6+,8+/m1/s1. The Morgan fingerprint density at radius 1 is 1.73 bits per heavy atom. The summed E-state index contributed by atoms with van der Waals surface area (Å²) >= 11 is 0. The third-order valence-electron chi connectivity index (χ3n) is 3.16. The van der Waals surface area contributed by atoms with Crippen LogP contribution in [0.15, 0.2) is 0 Å². The van der Waals surface area contributed by atoms with Gasteiger partial charge < -0.3 is 10.1 Å². The van der Waals surface area contributed by atoms with E-state index in [1.165, 1.54) is 7.11 Å². The number of hydrogen-bond acceptors (Lipinski definition) is 3. The van der Waals surface area contributed by atoms with Gasteiger partial charge in [-0.2, -0.15) is 0 Å². The van der Waals surface area contributed by atoms with Gasteiger partial charge in [0, 0.05) is 6.04 Å². The maximum absolute atomic E-state index is 11.3. The van der Waals surface area contributed by atoms with Crippen molar-refractivity contribution in [3.8, 4) is 0 Å². The Bertz CT molecular complexity index is 204. The first-order valence-corrected chi connectivity index (χ1v) is 4.03. The Morgan fingerprint density at radius 2 is 2.45 bits per heavy atom. The average Bonchev–Trinajstić information content (AvgIpc) is 2.68. The SMILES string of the molecule is COC(=O)[C@]12C[C@H]1CN[C@@H]2C. The van der Waals surface area contributed by atoms with E-state index >= 15 is 0 Å². The predicted octanol–water partition coefficient (Wildman–Crippen LogP) is 0.157. The summed E-state index contributed by atoms with van der Waals surface area (Å²) in [6, 6.07) is 0.306. The van der Waals surface area contributed by atoms with Crippen molar-refractivity contribution in [1.29, 1.82) is 0 Å². The lowest BCUT2D eigenvalue weighted by Gasteiger charge is -2.16. The lowest BCUT2D eigenvalue weighted by Crippen LogP contribution is -2.34. The number of esters is 1. The van der Waals surface area contributed by atoms with Crippen molar-refractivity contribution in [1.82, 2.24) is 5.32 Å². The van der Waals surface area contributed by atoms with Gasteiger partial charge in [-0.25, -0.2) is 0 Å². The van der Waals surface area contributed by atoms with Gasteiger partial charge in [-0.05, 0) is 25.8 Å². The summed E-state index contributed by atoms with van der Waals surface area (Å²) < 4.78 is 4.77. The molecule has 2 rings (SSSR count). The fourth-order valence-corrected chi connectivity index (χ4v) is 2.25. The fourth-order valence-electron chi connectivity index (χ4n) is 2.25. The lowest BCUT2D eigenvalue weighted by atomic mass is 9.99. The molecule has 3 heteroatoms. The number of carbonyl (C=O) groups excluding carboxylic acids is 1. The van der Waals surface area contributed by atoms with Gasteiger partial charge in [0.2, 0.25) is 0 Å². The van der Waals surface area contributed by atoms with E-state index in [1.807, 2.05) is 0 Å². The van der Waals surface area contributed by atoms with Crippen LogP contribution in [-0.4, -0.2) is 25.7 Å². The number of carbonyl (C=O) groups is 1. The molecular formula is C8H13NO2. The van der Waals surface area contributed by atoms with Crippen molar-refractivity contribution in [3.63, 3.8) is 0 Å². The fraction of sp³-hybridized carbons (Fsp3) is 0.875. The highest BCUT2D eigenvalue weighted by Crippen LogP contribution is 2.58. The molecule has 1 saturated heterocycles. The molecule has 2 aliphatic rings. The number of rotatable bonds is 1. The Hall–Kier alpha value is -0.570. The van der Waals surface area contributed by atoms with Crippen LogP contribution in [-0.2, 0) is 9.53 Å². The summed E-state index contributed by atoms with van der Waals surface area (Å²) in [5.41, 5.74) is -0.144. The third kappa shape index (κ3) is 0.692. The summed E-state index contributed by atoms with van der Waals surface area (Å²) in [6.07, 6.45) is 1.02. The number of methoxy groups -OCH3 is 1. The highest BCUT2D eigenvalue weighted by atomic mass is 16.5. The molecule has 1 aliphatic carbocycles. The van der Waals surface area contributed by atoms with Gasteiger partial charge >= 0.3 is 5.97 Å². The maximum atomic E-state index is 11.3. The second-order valence-corrected chi connectivity index (χ2v) is 3.56. The van der Waals surface area contributed by atoms with E-state index in [0.29, 0.717) is 12.0 Å². The third-order valence-corrected chi connectivity index (χ3v) is 3.16. The highest BCUT2D eigenvalue weighted by molar-refractivity contribution is 5.82. The van der Waals surface area contributed by atoms with E-state index in [1.54, 1.807) is 0 Å². The van der Waals surface area contributed by atoms with Gasteiger partial charge in [0.25, 0.3) is 0 Å². The van der Waals surface area contributed by atoms with E-state index in [-0.39, 0.29) is 11.4 Å². The van der Waals surface area contributed by atoms with Gasteiger partial charge in [-0.3, -0.25) is 4.79 Å². The predicted molar refractivity (Wildman–Crippen MR) is 40.0 cm³/mol. The second-order valence-electron chi connectivity index (χ2n) is 3.56. The molecule has 0 aromatic rings. The number of piperidine rings is 1. The maximum Gasteiger partial charge on any atom is 0.313 e. The second kappa shape index (κ2) is 1.97. The summed E-state index contributed by atoms with van der Waals surface area (Å²) in [6.45, 7) is 3.04. The molecule has 11 heavy (non-hydrogen) atoms. The number of nitrogens with one attached hydrogen (secondary N) is 1. The van der Waals surface area contributed by atoms with Crippen molar-refractivity contribution in [2.45, 2.75) is 19.4 Å². The summed E-state index contributed by atoms with van der Waals surface area (Å²) in [5.74, 6) is 0.518. The largest absolute Gasteiger partial charge is 0.469 e. The Labute approximate surface area is 66.1 Å². The van der Waals surface area contributed by atoms with Crippen LogP contribution in [0.1, 0.15) is 13.3 Å². The number of fused-ring (bicyclic) bond motifs is 1. The van der Waals surface area contributed by atoms with Gasteiger partial charge in [0.05, 0.1) is 12.5 Å². The quantitative estimate of drug-likeness (QED) is 0.548. The Morgan fingerprint density at radius 3 is 2.82 bits per heavy atom. The van der Waals surface area contributed by atoms with Gasteiger partial charge in [-0.1, -0.05) is 0 Å². The highest BCUT2D eigenvalue weighted by Gasteiger charge is 2.67. The van der Waals surface area contributed by atoms with Crippen molar-refractivity contribution >= 4 is 5.97 Å². The molecule has 0 aromatic carbocycles. The van der Waals surface area contributed by atoms with E-state index < -0.39 is 0 Å². The molecule has 1 N–H and O–H groups in total. The van der Waals surface area contributed by atoms with Crippen LogP contribution in [0.2, 0.25) is 0 Å². The van der Waals surface area contributed by atoms with Crippen molar-refractivity contribution in [2.24, 2.45) is 11.3 Å². The van der Waals surface area contributed by atoms with Crippen LogP contribution >= 0.6 is 0 Å². The Balaban J connectivity index is 2.18.